The molecule has 1 heterocycles. The van der Waals surface area contributed by atoms with Gasteiger partial charge in [-0.25, -0.2) is 4.98 Å². The topological polar surface area (TPSA) is 33.1 Å². The Bertz CT molecular complexity index is 231. The van der Waals surface area contributed by atoms with Crippen LogP contribution < -0.4 is 0 Å². The van der Waals surface area contributed by atoms with Crippen molar-refractivity contribution >= 4 is 11.8 Å². The van der Waals surface area contributed by atoms with Crippen molar-refractivity contribution in [3.8, 4) is 0 Å². The SMILES string of the molecule is OCCSc1cccc(F)n1. The normalized spacial score (nSPS) is 10.0. The molecule has 0 saturated carbocycles. The summed E-state index contributed by atoms with van der Waals surface area (Å²) in [5.41, 5.74) is 0. The van der Waals surface area contributed by atoms with Crippen molar-refractivity contribution in [3.05, 3.63) is 24.1 Å². The second-order valence-corrected chi connectivity index (χ2v) is 2.99. The van der Waals surface area contributed by atoms with Gasteiger partial charge in [-0.15, -0.1) is 11.8 Å². The summed E-state index contributed by atoms with van der Waals surface area (Å²) in [5, 5.41) is 9.06. The molecule has 0 spiro atoms. The number of hydrogen-bond donors (Lipinski definition) is 1. The third-order valence-electron chi connectivity index (χ3n) is 1.03. The smallest absolute Gasteiger partial charge is 0.213 e. The molecular formula is C7H8FNOS. The molecule has 1 N–H and O–H groups in total. The van der Waals surface area contributed by atoms with Crippen LogP contribution >= 0.6 is 11.8 Å². The van der Waals surface area contributed by atoms with Gasteiger partial charge in [-0.1, -0.05) is 6.07 Å². The Balaban J connectivity index is 2.56. The first-order valence-corrected chi connectivity index (χ1v) is 4.17. The highest BCUT2D eigenvalue weighted by Gasteiger charge is 1.95. The first kappa shape index (κ1) is 8.49. The molecule has 4 heteroatoms. The fourth-order valence-electron chi connectivity index (χ4n) is 0.620. The number of pyridine rings is 1. The average Bonchev–Trinajstić information content (AvgIpc) is 2.01. The van der Waals surface area contributed by atoms with Gasteiger partial charge >= 0.3 is 0 Å². The summed E-state index contributed by atoms with van der Waals surface area (Å²) < 4.78 is 12.4. The van der Waals surface area contributed by atoms with Crippen LogP contribution in [0.1, 0.15) is 0 Å². The molecule has 0 aliphatic heterocycles. The average molecular weight is 173 g/mol. The Kier molecular flexibility index (Phi) is 3.32. The third kappa shape index (κ3) is 2.86. The zero-order valence-corrected chi connectivity index (χ0v) is 6.64. The fraction of sp³-hybridized carbons (Fsp3) is 0.286. The van der Waals surface area contributed by atoms with Gasteiger partial charge in [0.15, 0.2) is 0 Å². The summed E-state index contributed by atoms with van der Waals surface area (Å²) >= 11 is 1.33. The van der Waals surface area contributed by atoms with Crippen molar-refractivity contribution in [2.75, 3.05) is 12.4 Å². The van der Waals surface area contributed by atoms with Crippen molar-refractivity contribution < 1.29 is 9.50 Å². The lowest BCUT2D eigenvalue weighted by molar-refractivity contribution is 0.322. The maximum Gasteiger partial charge on any atom is 0.213 e. The lowest BCUT2D eigenvalue weighted by atomic mass is 10.5. The lowest BCUT2D eigenvalue weighted by Gasteiger charge is -1.96. The number of aromatic nitrogens is 1. The summed E-state index contributed by atoms with van der Waals surface area (Å²) in [4.78, 5) is 3.60. The quantitative estimate of drug-likeness (QED) is 0.552. The molecule has 0 aliphatic carbocycles. The Morgan fingerprint density at radius 3 is 3.00 bits per heavy atom. The van der Waals surface area contributed by atoms with Crippen LogP contribution in [0.4, 0.5) is 4.39 Å². The predicted molar refractivity (Wildman–Crippen MR) is 42.0 cm³/mol. The van der Waals surface area contributed by atoms with Gasteiger partial charge < -0.3 is 5.11 Å². The molecule has 0 radical (unpaired) electrons. The lowest BCUT2D eigenvalue weighted by Crippen LogP contribution is -1.89. The molecule has 60 valence electrons. The highest BCUT2D eigenvalue weighted by molar-refractivity contribution is 7.99. The van der Waals surface area contributed by atoms with Crippen LogP contribution in [0, 0.1) is 5.95 Å². The number of aliphatic hydroxyl groups excluding tert-OH is 1. The molecule has 0 aromatic carbocycles. The van der Waals surface area contributed by atoms with Crippen LogP contribution in [0.2, 0.25) is 0 Å². The van der Waals surface area contributed by atoms with Crippen LogP contribution in [0.15, 0.2) is 23.2 Å². The van der Waals surface area contributed by atoms with E-state index in [1.165, 1.54) is 17.8 Å². The van der Waals surface area contributed by atoms with Gasteiger partial charge in [-0.05, 0) is 12.1 Å². The van der Waals surface area contributed by atoms with E-state index in [0.717, 1.165) is 0 Å². The van der Waals surface area contributed by atoms with Crippen molar-refractivity contribution in [2.45, 2.75) is 5.03 Å². The third-order valence-corrected chi connectivity index (χ3v) is 1.94. The van der Waals surface area contributed by atoms with Crippen LogP contribution in [-0.2, 0) is 0 Å². The van der Waals surface area contributed by atoms with Crippen LogP contribution in [0.5, 0.6) is 0 Å². The molecule has 1 aromatic rings. The Morgan fingerprint density at radius 1 is 1.55 bits per heavy atom. The van der Waals surface area contributed by atoms with E-state index in [1.54, 1.807) is 12.1 Å². The maximum atomic E-state index is 12.4. The second kappa shape index (κ2) is 4.31. The molecular weight excluding hydrogens is 165 g/mol. The number of halogens is 1. The summed E-state index contributed by atoms with van der Waals surface area (Å²) in [5.74, 6) is 0.0733. The van der Waals surface area contributed by atoms with Gasteiger partial charge in [-0.2, -0.15) is 4.39 Å². The maximum absolute atomic E-state index is 12.4. The van der Waals surface area contributed by atoms with Gasteiger partial charge in [0.05, 0.1) is 11.6 Å². The number of rotatable bonds is 3. The molecule has 0 atom stereocenters. The van der Waals surface area contributed by atoms with E-state index in [-0.39, 0.29) is 6.61 Å². The molecule has 2 nitrogen and oxygen atoms in total. The summed E-state index contributed by atoms with van der Waals surface area (Å²) in [7, 11) is 0. The van der Waals surface area contributed by atoms with Crippen LogP contribution in [0.25, 0.3) is 0 Å². The molecule has 0 unspecified atom stereocenters. The molecule has 0 amide bonds. The Labute approximate surface area is 68.5 Å². The molecule has 11 heavy (non-hydrogen) atoms. The zero-order chi connectivity index (χ0) is 8.10. The van der Waals surface area contributed by atoms with E-state index in [1.807, 2.05) is 0 Å². The van der Waals surface area contributed by atoms with Gasteiger partial charge in [0.25, 0.3) is 0 Å². The standard InChI is InChI=1S/C7H8FNOS/c8-6-2-1-3-7(9-6)11-5-4-10/h1-3,10H,4-5H2. The predicted octanol–water partition coefficient (Wildman–Crippen LogP) is 1.31. The van der Waals surface area contributed by atoms with Crippen molar-refractivity contribution in [1.82, 2.24) is 4.98 Å². The molecule has 0 fully saturated rings. The van der Waals surface area contributed by atoms with Gasteiger partial charge in [0.1, 0.15) is 0 Å². The van der Waals surface area contributed by atoms with E-state index in [2.05, 4.69) is 4.98 Å². The minimum Gasteiger partial charge on any atom is -0.396 e. The molecule has 1 aromatic heterocycles. The number of hydrogen-bond acceptors (Lipinski definition) is 3. The van der Waals surface area contributed by atoms with E-state index in [0.29, 0.717) is 10.8 Å². The zero-order valence-electron chi connectivity index (χ0n) is 5.83. The Hall–Kier alpha value is -0.610. The first-order chi connectivity index (χ1) is 5.33. The van der Waals surface area contributed by atoms with Crippen LogP contribution in [-0.4, -0.2) is 22.5 Å². The highest BCUT2D eigenvalue weighted by Crippen LogP contribution is 2.13. The van der Waals surface area contributed by atoms with Gasteiger partial charge in [-0.3, -0.25) is 0 Å². The number of nitrogens with zero attached hydrogens (tertiary/aromatic N) is 1. The second-order valence-electron chi connectivity index (χ2n) is 1.87. The summed E-state index contributed by atoms with van der Waals surface area (Å²) in [6.07, 6.45) is 0. The van der Waals surface area contributed by atoms with Gasteiger partial charge in [0.2, 0.25) is 5.95 Å². The minimum absolute atomic E-state index is 0.0862. The van der Waals surface area contributed by atoms with E-state index in [9.17, 15) is 4.39 Å². The minimum atomic E-state index is -0.479. The van der Waals surface area contributed by atoms with Crippen molar-refractivity contribution in [1.29, 1.82) is 0 Å². The first-order valence-electron chi connectivity index (χ1n) is 3.19. The number of thioether (sulfide) groups is 1. The van der Waals surface area contributed by atoms with E-state index >= 15 is 0 Å². The van der Waals surface area contributed by atoms with E-state index in [4.69, 9.17) is 5.11 Å². The van der Waals surface area contributed by atoms with Crippen molar-refractivity contribution in [2.24, 2.45) is 0 Å². The van der Waals surface area contributed by atoms with E-state index < -0.39 is 5.95 Å². The van der Waals surface area contributed by atoms with Crippen molar-refractivity contribution in [3.63, 3.8) is 0 Å². The van der Waals surface area contributed by atoms with Gasteiger partial charge in [0, 0.05) is 5.75 Å². The largest absolute Gasteiger partial charge is 0.396 e. The highest BCUT2D eigenvalue weighted by atomic mass is 32.2. The molecule has 0 bridgehead atoms. The fourth-order valence-corrected chi connectivity index (χ4v) is 1.25. The Morgan fingerprint density at radius 2 is 2.36 bits per heavy atom. The molecule has 1 rings (SSSR count). The number of aliphatic hydroxyl groups is 1. The van der Waals surface area contributed by atoms with Crippen LogP contribution in [0.3, 0.4) is 0 Å². The molecule has 0 aliphatic rings. The summed E-state index contributed by atoms with van der Waals surface area (Å²) in [6, 6.07) is 4.61. The summed E-state index contributed by atoms with van der Waals surface area (Å²) in [6.45, 7) is 0.0862. The molecule has 0 saturated heterocycles. The monoisotopic (exact) mass is 173 g/mol.